The van der Waals surface area contributed by atoms with E-state index >= 15 is 0 Å². The summed E-state index contributed by atoms with van der Waals surface area (Å²) in [4.78, 5) is 75.0. The first-order chi connectivity index (χ1) is 30.2. The van der Waals surface area contributed by atoms with Crippen LogP contribution < -0.4 is 25.2 Å². The van der Waals surface area contributed by atoms with Crippen molar-refractivity contribution >= 4 is 56.9 Å². The summed E-state index contributed by atoms with van der Waals surface area (Å²) in [5.74, 6) is 0.0663. The number of hydrogen-bond acceptors (Lipinski definition) is 12. The number of carbonyl (C=O) groups excluding carboxylic acids is 4. The lowest BCUT2D eigenvalue weighted by molar-refractivity contribution is -0.136. The second-order valence-electron chi connectivity index (χ2n) is 18.3. The number of piperazine rings is 1. The second-order valence-corrected chi connectivity index (χ2v) is 18.3. The van der Waals surface area contributed by atoms with Crippen LogP contribution in [0.25, 0.3) is 33.2 Å². The van der Waals surface area contributed by atoms with Gasteiger partial charge in [-0.05, 0) is 93.5 Å². The van der Waals surface area contributed by atoms with E-state index in [1.807, 2.05) is 52.0 Å². The number of aryl methyl sites for hydroxylation is 1. The Balaban J connectivity index is 0.841. The zero-order chi connectivity index (χ0) is 43.9. The fourth-order valence-corrected chi connectivity index (χ4v) is 9.55. The summed E-state index contributed by atoms with van der Waals surface area (Å²) >= 11 is 0. The zero-order valence-corrected chi connectivity index (χ0v) is 36.3. The molecule has 4 aliphatic rings. The SMILES string of the molecule is COc1cc2c(cc1N1CCN(Cc3ccc4c(c3)C(C)(C)C(=O)N4C3CCC(=O)NC3=O)CC1)[nH]c1ncnc(-c3ccc([C@@H](C)NC(=O)c4nc(C5(C)CC5)no4)c(C)c3)c12. The highest BCUT2D eigenvalue weighted by Crippen LogP contribution is 2.47. The molecule has 63 heavy (non-hydrogen) atoms. The Kier molecular flexibility index (Phi) is 9.62. The molecule has 1 unspecified atom stereocenters. The van der Waals surface area contributed by atoms with Gasteiger partial charge in [0.05, 0.1) is 40.9 Å². The van der Waals surface area contributed by atoms with Gasteiger partial charge in [0.2, 0.25) is 17.7 Å². The van der Waals surface area contributed by atoms with Crippen molar-refractivity contribution in [1.82, 2.24) is 40.6 Å². The van der Waals surface area contributed by atoms with Crippen molar-refractivity contribution in [3.8, 4) is 17.0 Å². The number of nitrogens with one attached hydrogen (secondary N) is 3. The Labute approximate surface area is 363 Å². The van der Waals surface area contributed by atoms with Crippen LogP contribution in [0.4, 0.5) is 11.4 Å². The molecule has 3 aliphatic heterocycles. The molecule has 2 atom stereocenters. The number of piperidine rings is 1. The molecular formula is C47H50N10O6. The third-order valence-corrected chi connectivity index (χ3v) is 13.6. The maximum absolute atomic E-state index is 13.7. The number of anilines is 2. The highest BCUT2D eigenvalue weighted by Gasteiger charge is 2.49. The summed E-state index contributed by atoms with van der Waals surface area (Å²) in [5, 5.41) is 11.3. The van der Waals surface area contributed by atoms with Crippen LogP contribution in [-0.2, 0) is 31.8 Å². The summed E-state index contributed by atoms with van der Waals surface area (Å²) in [6.45, 7) is 13.8. The normalized spacial score (nSPS) is 20.0. The Bertz CT molecular complexity index is 2870. The highest BCUT2D eigenvalue weighted by molar-refractivity contribution is 6.14. The molecule has 1 aliphatic carbocycles. The van der Waals surface area contributed by atoms with E-state index in [2.05, 4.69) is 71.7 Å². The van der Waals surface area contributed by atoms with Crippen LogP contribution in [0.5, 0.6) is 5.75 Å². The van der Waals surface area contributed by atoms with E-state index in [0.717, 1.165) is 118 Å². The summed E-state index contributed by atoms with van der Waals surface area (Å²) in [6, 6.07) is 15.4. The molecule has 6 heterocycles. The van der Waals surface area contributed by atoms with E-state index in [1.165, 1.54) is 0 Å². The summed E-state index contributed by atoms with van der Waals surface area (Å²) in [7, 11) is 1.70. The average Bonchev–Trinajstić information content (AvgIpc) is 3.56. The van der Waals surface area contributed by atoms with Gasteiger partial charge in [-0.15, -0.1) is 0 Å². The molecule has 16 heteroatoms. The van der Waals surface area contributed by atoms with Gasteiger partial charge in [-0.25, -0.2) is 9.97 Å². The van der Waals surface area contributed by atoms with Gasteiger partial charge in [0.15, 0.2) is 5.82 Å². The minimum Gasteiger partial charge on any atom is -0.495 e. The number of carbonyl (C=O) groups is 4. The Morgan fingerprint density at radius 1 is 1.00 bits per heavy atom. The quantitative estimate of drug-likeness (QED) is 0.141. The van der Waals surface area contributed by atoms with Gasteiger partial charge in [0.25, 0.3) is 0 Å². The number of aromatic nitrogens is 5. The van der Waals surface area contributed by atoms with Crippen LogP contribution >= 0.6 is 0 Å². The average molecular weight is 851 g/mol. The number of fused-ring (bicyclic) bond motifs is 4. The predicted molar refractivity (Wildman–Crippen MR) is 236 cm³/mol. The topological polar surface area (TPSA) is 192 Å². The van der Waals surface area contributed by atoms with Crippen molar-refractivity contribution in [1.29, 1.82) is 0 Å². The number of hydrogen-bond donors (Lipinski definition) is 3. The van der Waals surface area contributed by atoms with Crippen LogP contribution in [0.3, 0.4) is 0 Å². The standard InChI is InChI=1S/C47H50N10O6/c1-25-19-28(8-9-29(25)26(2)50-42(60)43-53-44(54-63-43)47(5)13-14-47)39-38-30-21-36(62-6)35(22-32(30)51-40(38)49-24-48-39)56-17-15-55(16-18-56)23-27-7-10-33-31(20-27)46(3,4)45(61)57(33)34-11-12-37(58)52-41(34)59/h7-10,19-22,24,26,34H,11-18,23H2,1-6H3,(H,50,60)(H,48,49,51)(H,52,58,59)/t26-,34?/m1/s1. The number of amides is 4. The maximum atomic E-state index is 13.7. The molecule has 0 radical (unpaired) electrons. The molecule has 0 bridgehead atoms. The Hall–Kier alpha value is -6.68. The lowest BCUT2D eigenvalue weighted by Gasteiger charge is -2.36. The van der Waals surface area contributed by atoms with Crippen LogP contribution in [-0.4, -0.2) is 93.0 Å². The lowest BCUT2D eigenvalue weighted by atomic mass is 9.85. The van der Waals surface area contributed by atoms with Gasteiger partial charge in [-0.3, -0.25) is 34.3 Å². The fourth-order valence-electron chi connectivity index (χ4n) is 9.55. The van der Waals surface area contributed by atoms with Crippen molar-refractivity contribution in [2.75, 3.05) is 43.1 Å². The summed E-state index contributed by atoms with van der Waals surface area (Å²) in [5.41, 5.74) is 8.16. The second kappa shape index (κ2) is 15.0. The molecule has 16 nitrogen and oxygen atoms in total. The Morgan fingerprint density at radius 3 is 2.52 bits per heavy atom. The predicted octanol–water partition coefficient (Wildman–Crippen LogP) is 5.77. The number of ether oxygens (including phenoxy) is 1. The molecule has 3 N–H and O–H groups in total. The number of aromatic amines is 1. The molecule has 10 rings (SSSR count). The third kappa shape index (κ3) is 6.96. The van der Waals surface area contributed by atoms with Crippen LogP contribution in [0.1, 0.15) is 98.2 Å². The number of benzene rings is 3. The van der Waals surface area contributed by atoms with Crippen molar-refractivity contribution in [3.63, 3.8) is 0 Å². The van der Waals surface area contributed by atoms with Crippen molar-refractivity contribution in [2.45, 2.75) is 89.8 Å². The van der Waals surface area contributed by atoms with Gasteiger partial charge in [-0.2, -0.15) is 4.98 Å². The minimum atomic E-state index is -0.796. The molecule has 3 aromatic carbocycles. The van der Waals surface area contributed by atoms with E-state index in [4.69, 9.17) is 14.2 Å². The third-order valence-electron chi connectivity index (χ3n) is 13.6. The number of methoxy groups -OCH3 is 1. The minimum absolute atomic E-state index is 0.0258. The van der Waals surface area contributed by atoms with Crippen LogP contribution in [0.2, 0.25) is 0 Å². The monoisotopic (exact) mass is 850 g/mol. The van der Waals surface area contributed by atoms with Crippen molar-refractivity contribution in [3.05, 3.63) is 88.8 Å². The molecule has 1 saturated carbocycles. The first-order valence-corrected chi connectivity index (χ1v) is 21.6. The number of nitrogens with zero attached hydrogens (tertiary/aromatic N) is 7. The zero-order valence-electron chi connectivity index (χ0n) is 36.3. The fraction of sp³-hybridized carbons (Fsp3) is 0.404. The molecule has 4 amide bonds. The van der Waals surface area contributed by atoms with Gasteiger partial charge in [0, 0.05) is 61.2 Å². The molecule has 324 valence electrons. The molecule has 3 aromatic heterocycles. The van der Waals surface area contributed by atoms with Crippen LogP contribution in [0, 0.1) is 6.92 Å². The number of rotatable bonds is 10. The summed E-state index contributed by atoms with van der Waals surface area (Å²) < 4.78 is 11.3. The first kappa shape index (κ1) is 40.4. The smallest absolute Gasteiger partial charge is 0.315 e. The first-order valence-electron chi connectivity index (χ1n) is 21.6. The van der Waals surface area contributed by atoms with E-state index in [1.54, 1.807) is 18.3 Å². The maximum Gasteiger partial charge on any atom is 0.315 e. The molecule has 3 fully saturated rings. The van der Waals surface area contributed by atoms with Gasteiger partial charge < -0.3 is 24.5 Å². The highest BCUT2D eigenvalue weighted by atomic mass is 16.5. The lowest BCUT2D eigenvalue weighted by Crippen LogP contribution is -2.55. The van der Waals surface area contributed by atoms with E-state index in [0.29, 0.717) is 12.2 Å². The van der Waals surface area contributed by atoms with E-state index in [-0.39, 0.29) is 35.6 Å². The van der Waals surface area contributed by atoms with Crippen molar-refractivity contribution in [2.24, 2.45) is 0 Å². The van der Waals surface area contributed by atoms with E-state index < -0.39 is 23.3 Å². The Morgan fingerprint density at radius 2 is 1.79 bits per heavy atom. The largest absolute Gasteiger partial charge is 0.495 e. The van der Waals surface area contributed by atoms with Gasteiger partial charge >= 0.3 is 11.8 Å². The molecular weight excluding hydrogens is 801 g/mol. The van der Waals surface area contributed by atoms with Crippen molar-refractivity contribution < 1.29 is 28.4 Å². The number of H-pyrrole nitrogens is 1. The van der Waals surface area contributed by atoms with Crippen LogP contribution in [0.15, 0.2) is 59.4 Å². The van der Waals surface area contributed by atoms with Gasteiger partial charge in [-0.1, -0.05) is 36.3 Å². The van der Waals surface area contributed by atoms with Gasteiger partial charge in [0.1, 0.15) is 23.8 Å². The summed E-state index contributed by atoms with van der Waals surface area (Å²) in [6.07, 6.45) is 4.08. The number of imide groups is 1. The molecule has 0 spiro atoms. The molecule has 2 saturated heterocycles. The molecule has 6 aromatic rings. The van der Waals surface area contributed by atoms with E-state index in [9.17, 15) is 19.2 Å².